The fraction of sp³-hybridized carbons (Fsp3) is 0.267. The van der Waals surface area contributed by atoms with Crippen LogP contribution in [0.5, 0.6) is 11.6 Å². The predicted octanol–water partition coefficient (Wildman–Crippen LogP) is 3.35. The first-order valence-corrected chi connectivity index (χ1v) is 6.16. The molecule has 4 heteroatoms. The summed E-state index contributed by atoms with van der Waals surface area (Å²) in [7, 11) is 1.88. The van der Waals surface area contributed by atoms with Crippen molar-refractivity contribution in [3.8, 4) is 11.6 Å². The van der Waals surface area contributed by atoms with Crippen molar-refractivity contribution in [2.45, 2.75) is 20.4 Å². The van der Waals surface area contributed by atoms with Crippen molar-refractivity contribution < 1.29 is 9.13 Å². The van der Waals surface area contributed by atoms with Gasteiger partial charge in [-0.3, -0.25) is 0 Å². The number of hydrogen-bond acceptors (Lipinski definition) is 3. The first-order valence-electron chi connectivity index (χ1n) is 6.16. The van der Waals surface area contributed by atoms with Gasteiger partial charge in [0.2, 0.25) is 5.88 Å². The van der Waals surface area contributed by atoms with E-state index < -0.39 is 0 Å². The standard InChI is InChI=1S/C15H17FN2O/c1-10-5-4-6-13(15(10)16)19-14-8-7-12(9-17-3)11(2)18-14/h4-8,17H,9H2,1-3H3. The summed E-state index contributed by atoms with van der Waals surface area (Å²) in [4.78, 5) is 4.33. The minimum absolute atomic E-state index is 0.202. The number of nitrogens with zero attached hydrogens (tertiary/aromatic N) is 1. The lowest BCUT2D eigenvalue weighted by Gasteiger charge is -2.10. The number of benzene rings is 1. The van der Waals surface area contributed by atoms with Crippen LogP contribution in [-0.4, -0.2) is 12.0 Å². The molecule has 1 aromatic heterocycles. The lowest BCUT2D eigenvalue weighted by molar-refractivity contribution is 0.424. The molecule has 2 aromatic rings. The Morgan fingerprint density at radius 2 is 2.00 bits per heavy atom. The number of halogens is 1. The molecule has 0 spiro atoms. The van der Waals surface area contributed by atoms with E-state index in [0.717, 1.165) is 17.8 Å². The van der Waals surface area contributed by atoms with Crippen molar-refractivity contribution in [2.75, 3.05) is 7.05 Å². The minimum Gasteiger partial charge on any atom is -0.436 e. The third-order valence-electron chi connectivity index (χ3n) is 2.91. The zero-order valence-corrected chi connectivity index (χ0v) is 11.3. The first kappa shape index (κ1) is 13.5. The highest BCUT2D eigenvalue weighted by Gasteiger charge is 2.08. The van der Waals surface area contributed by atoms with E-state index in [0.29, 0.717) is 11.4 Å². The van der Waals surface area contributed by atoms with Gasteiger partial charge in [0, 0.05) is 18.3 Å². The van der Waals surface area contributed by atoms with Gasteiger partial charge in [0.15, 0.2) is 11.6 Å². The van der Waals surface area contributed by atoms with Crippen molar-refractivity contribution in [1.82, 2.24) is 10.3 Å². The molecule has 0 aliphatic rings. The van der Waals surface area contributed by atoms with E-state index in [1.165, 1.54) is 0 Å². The van der Waals surface area contributed by atoms with E-state index in [-0.39, 0.29) is 11.6 Å². The number of hydrogen-bond donors (Lipinski definition) is 1. The largest absolute Gasteiger partial charge is 0.436 e. The number of ether oxygens (including phenoxy) is 1. The van der Waals surface area contributed by atoms with Crippen LogP contribution in [0.25, 0.3) is 0 Å². The van der Waals surface area contributed by atoms with Gasteiger partial charge in [-0.15, -0.1) is 0 Å². The third kappa shape index (κ3) is 3.09. The molecule has 19 heavy (non-hydrogen) atoms. The van der Waals surface area contributed by atoms with Gasteiger partial charge >= 0.3 is 0 Å². The fourth-order valence-corrected chi connectivity index (χ4v) is 1.81. The van der Waals surface area contributed by atoms with Gasteiger partial charge in [0.05, 0.1) is 0 Å². The Labute approximate surface area is 112 Å². The lowest BCUT2D eigenvalue weighted by Crippen LogP contribution is -2.07. The Hall–Kier alpha value is -1.94. The quantitative estimate of drug-likeness (QED) is 0.915. The Bertz CT molecular complexity index is 584. The highest BCUT2D eigenvalue weighted by molar-refractivity contribution is 5.34. The van der Waals surface area contributed by atoms with Crippen LogP contribution >= 0.6 is 0 Å². The molecule has 0 bridgehead atoms. The van der Waals surface area contributed by atoms with Crippen LogP contribution in [0.2, 0.25) is 0 Å². The summed E-state index contributed by atoms with van der Waals surface area (Å²) >= 11 is 0. The van der Waals surface area contributed by atoms with Crippen LogP contribution in [-0.2, 0) is 6.54 Å². The van der Waals surface area contributed by atoms with Crippen LogP contribution in [0.3, 0.4) is 0 Å². The molecule has 0 amide bonds. The number of aromatic nitrogens is 1. The van der Waals surface area contributed by atoms with Crippen molar-refractivity contribution in [1.29, 1.82) is 0 Å². The maximum absolute atomic E-state index is 13.8. The SMILES string of the molecule is CNCc1ccc(Oc2cccc(C)c2F)nc1C. The number of nitrogens with one attached hydrogen (secondary N) is 1. The second kappa shape index (κ2) is 5.80. The Morgan fingerprint density at radius 1 is 1.21 bits per heavy atom. The highest BCUT2D eigenvalue weighted by Crippen LogP contribution is 2.25. The smallest absolute Gasteiger partial charge is 0.219 e. The van der Waals surface area contributed by atoms with Crippen LogP contribution < -0.4 is 10.1 Å². The van der Waals surface area contributed by atoms with Gasteiger partial charge in [-0.1, -0.05) is 18.2 Å². The minimum atomic E-state index is -0.346. The molecule has 0 atom stereocenters. The Balaban J connectivity index is 2.24. The maximum atomic E-state index is 13.8. The van der Waals surface area contributed by atoms with Gasteiger partial charge in [-0.05, 0) is 38.1 Å². The first-order chi connectivity index (χ1) is 9.11. The summed E-state index contributed by atoms with van der Waals surface area (Å²) in [6.45, 7) is 4.36. The monoisotopic (exact) mass is 260 g/mol. The molecule has 1 heterocycles. The van der Waals surface area contributed by atoms with Crippen molar-refractivity contribution in [3.05, 3.63) is 53.0 Å². The Kier molecular flexibility index (Phi) is 4.12. The summed E-state index contributed by atoms with van der Waals surface area (Å²) < 4.78 is 19.3. The summed E-state index contributed by atoms with van der Waals surface area (Å²) in [6.07, 6.45) is 0. The summed E-state index contributed by atoms with van der Waals surface area (Å²) in [6, 6.07) is 8.75. The zero-order chi connectivity index (χ0) is 13.8. The van der Waals surface area contributed by atoms with E-state index in [1.807, 2.05) is 20.0 Å². The summed E-state index contributed by atoms with van der Waals surface area (Å²) in [5, 5.41) is 3.07. The van der Waals surface area contributed by atoms with Crippen LogP contribution in [0, 0.1) is 19.7 Å². The van der Waals surface area contributed by atoms with Crippen LogP contribution in [0.15, 0.2) is 30.3 Å². The summed E-state index contributed by atoms with van der Waals surface area (Å²) in [5.41, 5.74) is 2.53. The van der Waals surface area contributed by atoms with Crippen molar-refractivity contribution in [2.24, 2.45) is 0 Å². The van der Waals surface area contributed by atoms with Gasteiger partial charge < -0.3 is 10.1 Å². The molecule has 0 saturated heterocycles. The van der Waals surface area contributed by atoms with Crippen molar-refractivity contribution in [3.63, 3.8) is 0 Å². The Morgan fingerprint density at radius 3 is 2.68 bits per heavy atom. The predicted molar refractivity (Wildman–Crippen MR) is 72.9 cm³/mol. The topological polar surface area (TPSA) is 34.1 Å². The molecule has 0 radical (unpaired) electrons. The molecule has 3 nitrogen and oxygen atoms in total. The second-order valence-electron chi connectivity index (χ2n) is 4.41. The van der Waals surface area contributed by atoms with E-state index in [2.05, 4.69) is 10.3 Å². The molecule has 0 aliphatic heterocycles. The average molecular weight is 260 g/mol. The molecule has 0 saturated carbocycles. The van der Waals surface area contributed by atoms with Crippen LogP contribution in [0.4, 0.5) is 4.39 Å². The molecule has 1 N–H and O–H groups in total. The van der Waals surface area contributed by atoms with Crippen molar-refractivity contribution >= 4 is 0 Å². The fourth-order valence-electron chi connectivity index (χ4n) is 1.81. The van der Waals surface area contributed by atoms with Gasteiger partial charge in [-0.2, -0.15) is 0 Å². The van der Waals surface area contributed by atoms with E-state index >= 15 is 0 Å². The molecule has 1 aromatic carbocycles. The van der Waals surface area contributed by atoms with Gasteiger partial charge in [0.1, 0.15) is 0 Å². The van der Waals surface area contributed by atoms with Crippen LogP contribution in [0.1, 0.15) is 16.8 Å². The number of pyridine rings is 1. The van der Waals surface area contributed by atoms with E-state index in [9.17, 15) is 4.39 Å². The highest BCUT2D eigenvalue weighted by atomic mass is 19.1. The van der Waals surface area contributed by atoms with E-state index in [4.69, 9.17) is 4.74 Å². The summed E-state index contributed by atoms with van der Waals surface area (Å²) in [5.74, 6) is 0.261. The van der Waals surface area contributed by atoms with E-state index in [1.54, 1.807) is 31.2 Å². The number of aryl methyl sites for hydroxylation is 2. The molecule has 100 valence electrons. The zero-order valence-electron chi connectivity index (χ0n) is 11.3. The molecule has 2 rings (SSSR count). The molecular formula is C15H17FN2O. The maximum Gasteiger partial charge on any atom is 0.219 e. The number of rotatable bonds is 4. The molecule has 0 fully saturated rings. The third-order valence-corrected chi connectivity index (χ3v) is 2.91. The van der Waals surface area contributed by atoms with Gasteiger partial charge in [-0.25, -0.2) is 9.37 Å². The lowest BCUT2D eigenvalue weighted by atomic mass is 10.2. The second-order valence-corrected chi connectivity index (χ2v) is 4.41. The van der Waals surface area contributed by atoms with Gasteiger partial charge in [0.25, 0.3) is 0 Å². The molecule has 0 aliphatic carbocycles. The average Bonchev–Trinajstić information content (AvgIpc) is 2.38. The normalized spacial score (nSPS) is 10.5. The molecule has 0 unspecified atom stereocenters. The molecular weight excluding hydrogens is 243 g/mol.